The average molecular weight is 423 g/mol. The van der Waals surface area contributed by atoms with Crippen molar-refractivity contribution in [1.82, 2.24) is 5.16 Å². The summed E-state index contributed by atoms with van der Waals surface area (Å²) >= 11 is 0. The van der Waals surface area contributed by atoms with Crippen molar-refractivity contribution < 1.29 is 28.0 Å². The molecule has 0 saturated carbocycles. The number of nitrogens with zero attached hydrogens (tertiary/aromatic N) is 1. The third-order valence-corrected chi connectivity index (χ3v) is 4.79. The second kappa shape index (κ2) is 8.39. The number of aromatic nitrogens is 1. The lowest BCUT2D eigenvalue weighted by Crippen LogP contribution is -2.32. The van der Waals surface area contributed by atoms with E-state index in [0.29, 0.717) is 16.9 Å². The van der Waals surface area contributed by atoms with Crippen LogP contribution in [0.4, 0.5) is 15.9 Å². The molecule has 0 radical (unpaired) electrons. The average Bonchev–Trinajstić information content (AvgIpc) is 3.15. The Morgan fingerprint density at radius 1 is 1.23 bits per heavy atom. The minimum atomic E-state index is -1.29. The number of nitrogens with one attached hydrogen (secondary N) is 2. The van der Waals surface area contributed by atoms with Crippen LogP contribution in [0.5, 0.6) is 0 Å². The lowest BCUT2D eigenvalue weighted by atomic mass is 9.90. The Balaban J connectivity index is 1.60. The monoisotopic (exact) mass is 423 g/mol. The predicted molar refractivity (Wildman–Crippen MR) is 108 cm³/mol. The molecule has 0 fully saturated rings. The van der Waals surface area contributed by atoms with Crippen LogP contribution in [0.15, 0.2) is 59.1 Å². The van der Waals surface area contributed by atoms with Crippen LogP contribution in [0.2, 0.25) is 0 Å². The normalized spacial score (nSPS) is 16.1. The standard InChI is InChI=1S/C22H18FN3O5/c1-12-9-18(26-31-12)25-21(28)20(13-5-3-2-4-6-13)30-22(29)16-11-19(27)24-17-10-14(23)7-8-15(16)17/h2-10,16,20H,11H2,1H3,(H,24,27)(H,25,26,28). The van der Waals surface area contributed by atoms with Gasteiger partial charge in [0.05, 0.1) is 5.92 Å². The number of fused-ring (bicyclic) bond motifs is 1. The zero-order valence-corrected chi connectivity index (χ0v) is 16.4. The van der Waals surface area contributed by atoms with E-state index in [1.807, 2.05) is 0 Å². The Hall–Kier alpha value is -4.01. The van der Waals surface area contributed by atoms with Crippen LogP contribution in [0.1, 0.15) is 35.3 Å². The number of rotatable bonds is 5. The molecule has 4 rings (SSSR count). The molecule has 1 aliphatic heterocycles. The van der Waals surface area contributed by atoms with Gasteiger partial charge in [0.1, 0.15) is 11.6 Å². The number of anilines is 2. The maximum atomic E-state index is 13.6. The first kappa shape index (κ1) is 20.3. The van der Waals surface area contributed by atoms with E-state index in [0.717, 1.165) is 6.07 Å². The van der Waals surface area contributed by atoms with Crippen LogP contribution in [-0.2, 0) is 19.1 Å². The van der Waals surface area contributed by atoms with E-state index in [-0.39, 0.29) is 17.9 Å². The van der Waals surface area contributed by atoms with Crippen molar-refractivity contribution in [2.24, 2.45) is 0 Å². The van der Waals surface area contributed by atoms with Crippen LogP contribution in [-0.4, -0.2) is 22.9 Å². The SMILES string of the molecule is Cc1cc(NC(=O)C(OC(=O)C2CC(=O)Nc3cc(F)ccc32)c2ccccc2)no1. The van der Waals surface area contributed by atoms with Gasteiger partial charge in [0.15, 0.2) is 5.82 Å². The van der Waals surface area contributed by atoms with E-state index >= 15 is 0 Å². The number of ether oxygens (including phenoxy) is 1. The van der Waals surface area contributed by atoms with Crippen molar-refractivity contribution >= 4 is 29.3 Å². The van der Waals surface area contributed by atoms with Crippen molar-refractivity contribution in [1.29, 1.82) is 0 Å². The van der Waals surface area contributed by atoms with Gasteiger partial charge in [0, 0.05) is 23.7 Å². The second-order valence-corrected chi connectivity index (χ2v) is 7.08. The largest absolute Gasteiger partial charge is 0.447 e. The molecule has 31 heavy (non-hydrogen) atoms. The van der Waals surface area contributed by atoms with Crippen LogP contribution >= 0.6 is 0 Å². The minimum absolute atomic E-state index is 0.178. The Labute approximate surface area is 176 Å². The number of benzene rings is 2. The maximum Gasteiger partial charge on any atom is 0.315 e. The third-order valence-electron chi connectivity index (χ3n) is 4.79. The van der Waals surface area contributed by atoms with Crippen LogP contribution in [0, 0.1) is 12.7 Å². The Morgan fingerprint density at radius 3 is 2.71 bits per heavy atom. The molecule has 2 aromatic carbocycles. The summed E-state index contributed by atoms with van der Waals surface area (Å²) < 4.78 is 24.1. The summed E-state index contributed by atoms with van der Waals surface area (Å²) in [6, 6.07) is 13.7. The van der Waals surface area contributed by atoms with Crippen LogP contribution in [0.3, 0.4) is 0 Å². The first-order valence-electron chi connectivity index (χ1n) is 9.49. The fraction of sp³-hybridized carbons (Fsp3) is 0.182. The molecule has 2 N–H and O–H groups in total. The summed E-state index contributed by atoms with van der Waals surface area (Å²) in [6.45, 7) is 1.67. The smallest absolute Gasteiger partial charge is 0.315 e. The molecule has 2 unspecified atom stereocenters. The third kappa shape index (κ3) is 4.45. The molecule has 2 heterocycles. The van der Waals surface area contributed by atoms with Crippen molar-refractivity contribution in [3.63, 3.8) is 0 Å². The molecule has 1 aromatic heterocycles. The topological polar surface area (TPSA) is 111 Å². The highest BCUT2D eigenvalue weighted by Crippen LogP contribution is 2.35. The molecular weight excluding hydrogens is 405 g/mol. The fourth-order valence-corrected chi connectivity index (χ4v) is 3.36. The summed E-state index contributed by atoms with van der Waals surface area (Å²) in [6.07, 6.45) is -1.47. The summed E-state index contributed by atoms with van der Waals surface area (Å²) in [5.41, 5.74) is 1.07. The maximum absolute atomic E-state index is 13.6. The molecule has 1 aliphatic rings. The molecule has 158 valence electrons. The molecular formula is C22H18FN3O5. The van der Waals surface area contributed by atoms with Crippen molar-refractivity contribution in [2.75, 3.05) is 10.6 Å². The Morgan fingerprint density at radius 2 is 2.00 bits per heavy atom. The summed E-state index contributed by atoms with van der Waals surface area (Å²) in [4.78, 5) is 38.0. The van der Waals surface area contributed by atoms with E-state index in [9.17, 15) is 18.8 Å². The van der Waals surface area contributed by atoms with Gasteiger partial charge in [-0.3, -0.25) is 14.4 Å². The van der Waals surface area contributed by atoms with Gasteiger partial charge in [-0.1, -0.05) is 41.6 Å². The molecule has 0 saturated heterocycles. The van der Waals surface area contributed by atoms with E-state index in [1.54, 1.807) is 37.3 Å². The molecule has 2 atom stereocenters. The Bertz CT molecular complexity index is 1150. The van der Waals surface area contributed by atoms with Gasteiger partial charge in [-0.15, -0.1) is 0 Å². The fourth-order valence-electron chi connectivity index (χ4n) is 3.36. The van der Waals surface area contributed by atoms with E-state index in [4.69, 9.17) is 9.26 Å². The molecule has 8 nitrogen and oxygen atoms in total. The molecule has 9 heteroatoms. The second-order valence-electron chi connectivity index (χ2n) is 7.08. The highest BCUT2D eigenvalue weighted by atomic mass is 19.1. The number of aryl methyl sites for hydroxylation is 1. The zero-order chi connectivity index (χ0) is 22.0. The highest BCUT2D eigenvalue weighted by Gasteiger charge is 2.35. The minimum Gasteiger partial charge on any atom is -0.447 e. The van der Waals surface area contributed by atoms with E-state index in [2.05, 4.69) is 15.8 Å². The van der Waals surface area contributed by atoms with Crippen molar-refractivity contribution in [3.05, 3.63) is 77.3 Å². The van der Waals surface area contributed by atoms with Crippen LogP contribution < -0.4 is 10.6 Å². The van der Waals surface area contributed by atoms with Gasteiger partial charge in [-0.05, 0) is 24.6 Å². The molecule has 0 bridgehead atoms. The number of hydrogen-bond donors (Lipinski definition) is 2. The number of carbonyl (C=O) groups excluding carboxylic acids is 3. The van der Waals surface area contributed by atoms with Gasteiger partial charge in [-0.25, -0.2) is 4.39 Å². The first-order chi connectivity index (χ1) is 14.9. The predicted octanol–water partition coefficient (Wildman–Crippen LogP) is 3.47. The molecule has 0 aliphatic carbocycles. The molecule has 2 amide bonds. The summed E-state index contributed by atoms with van der Waals surface area (Å²) in [5, 5.41) is 8.81. The Kier molecular flexibility index (Phi) is 5.48. The van der Waals surface area contributed by atoms with E-state index < -0.39 is 35.6 Å². The number of hydrogen-bond acceptors (Lipinski definition) is 6. The highest BCUT2D eigenvalue weighted by molar-refractivity contribution is 6.01. The number of carbonyl (C=O) groups is 3. The molecule has 3 aromatic rings. The lowest BCUT2D eigenvalue weighted by Gasteiger charge is -2.26. The number of halogens is 1. The summed E-state index contributed by atoms with van der Waals surface area (Å²) in [5.74, 6) is -2.69. The van der Waals surface area contributed by atoms with Gasteiger partial charge >= 0.3 is 5.97 Å². The quantitative estimate of drug-likeness (QED) is 0.608. The van der Waals surface area contributed by atoms with Gasteiger partial charge in [0.2, 0.25) is 12.0 Å². The van der Waals surface area contributed by atoms with Gasteiger partial charge in [0.25, 0.3) is 5.91 Å². The van der Waals surface area contributed by atoms with Gasteiger partial charge in [-0.2, -0.15) is 0 Å². The first-order valence-corrected chi connectivity index (χ1v) is 9.49. The van der Waals surface area contributed by atoms with Crippen LogP contribution in [0.25, 0.3) is 0 Å². The van der Waals surface area contributed by atoms with E-state index in [1.165, 1.54) is 18.2 Å². The van der Waals surface area contributed by atoms with Crippen molar-refractivity contribution in [3.8, 4) is 0 Å². The number of esters is 1. The lowest BCUT2D eigenvalue weighted by molar-refractivity contribution is -0.157. The molecule has 0 spiro atoms. The van der Waals surface area contributed by atoms with Crippen molar-refractivity contribution in [2.45, 2.75) is 25.4 Å². The summed E-state index contributed by atoms with van der Waals surface area (Å²) in [7, 11) is 0. The number of amides is 2. The van der Waals surface area contributed by atoms with Gasteiger partial charge < -0.3 is 19.9 Å². The zero-order valence-electron chi connectivity index (χ0n) is 16.4.